The minimum Gasteiger partial charge on any atom is -0.444 e. The quantitative estimate of drug-likeness (QED) is 0.274. The van der Waals surface area contributed by atoms with Crippen molar-refractivity contribution in [3.05, 3.63) is 0 Å². The molecule has 0 fully saturated rings. The van der Waals surface area contributed by atoms with Gasteiger partial charge in [0, 0.05) is 6.54 Å². The minimum atomic E-state index is -0.446. The molecule has 8 heteroatoms. The van der Waals surface area contributed by atoms with Crippen molar-refractivity contribution in [3.8, 4) is 0 Å². The van der Waals surface area contributed by atoms with Crippen LogP contribution in [0.15, 0.2) is 0 Å². The summed E-state index contributed by atoms with van der Waals surface area (Å²) in [4.78, 5) is 20.7. The molecule has 0 spiro atoms. The highest BCUT2D eigenvalue weighted by Crippen LogP contribution is 2.06. The molecule has 0 heterocycles. The third-order valence-corrected chi connectivity index (χ3v) is 1.94. The van der Waals surface area contributed by atoms with Crippen molar-refractivity contribution in [2.45, 2.75) is 53.1 Å². The Kier molecular flexibility index (Phi) is 25.5. The summed E-state index contributed by atoms with van der Waals surface area (Å²) < 4.78 is 5.11. The maximum Gasteiger partial charge on any atom is 0.407 e. The molecule has 7 nitrogen and oxygen atoms in total. The van der Waals surface area contributed by atoms with Gasteiger partial charge in [-0.05, 0) is 53.0 Å². The van der Waals surface area contributed by atoms with E-state index in [1.165, 1.54) is 7.11 Å². The van der Waals surface area contributed by atoms with Crippen LogP contribution in [0.3, 0.4) is 0 Å². The van der Waals surface area contributed by atoms with Gasteiger partial charge in [0.1, 0.15) is 5.60 Å². The van der Waals surface area contributed by atoms with E-state index in [1.54, 1.807) is 6.26 Å². The summed E-state index contributed by atoms with van der Waals surface area (Å²) in [6.07, 6.45) is 3.07. The number of hydrogen-bond donors (Lipinski definition) is 4. The smallest absolute Gasteiger partial charge is 0.407 e. The van der Waals surface area contributed by atoms with Crippen LogP contribution in [0.1, 0.15) is 47.5 Å². The molecule has 0 atom stereocenters. The summed E-state index contributed by atoms with van der Waals surface area (Å²) in [5.74, 6) is 0. The molecular formula is C15H37N3O4S. The fourth-order valence-electron chi connectivity index (χ4n) is 1.21. The first kappa shape index (κ1) is 27.3. The Labute approximate surface area is 147 Å². The predicted molar refractivity (Wildman–Crippen MR) is 98.7 cm³/mol. The van der Waals surface area contributed by atoms with Crippen molar-refractivity contribution in [3.63, 3.8) is 0 Å². The number of carbonyl (C=O) groups excluding carboxylic acids is 1. The van der Waals surface area contributed by atoms with Gasteiger partial charge in [0.2, 0.25) is 0 Å². The van der Waals surface area contributed by atoms with E-state index < -0.39 is 5.60 Å². The first-order valence-corrected chi connectivity index (χ1v) is 8.87. The highest BCUT2D eigenvalue weighted by molar-refractivity contribution is 7.79. The second-order valence-corrected chi connectivity index (χ2v) is 5.02. The van der Waals surface area contributed by atoms with Crippen molar-refractivity contribution in [2.75, 3.05) is 39.6 Å². The van der Waals surface area contributed by atoms with Gasteiger partial charge in [-0.3, -0.25) is 9.68 Å². The van der Waals surface area contributed by atoms with Gasteiger partial charge in [0.25, 0.3) is 0 Å². The summed E-state index contributed by atoms with van der Waals surface area (Å²) in [6.45, 7) is 12.4. The summed E-state index contributed by atoms with van der Waals surface area (Å²) in [6, 6.07) is 0. The molecule has 0 aliphatic heterocycles. The fraction of sp³-hybridized carbons (Fsp3) is 0.933. The van der Waals surface area contributed by atoms with E-state index in [0.717, 1.165) is 25.9 Å². The largest absolute Gasteiger partial charge is 0.444 e. The zero-order valence-electron chi connectivity index (χ0n) is 15.8. The monoisotopic (exact) mass is 355 g/mol. The molecule has 3 N–H and O–H groups in total. The Balaban J connectivity index is -0.000000919. The number of alkyl carbamates (subject to hydrolysis) is 1. The highest BCUT2D eigenvalue weighted by Gasteiger charge is 2.15. The molecule has 1 amide bonds. The van der Waals surface area contributed by atoms with Crippen molar-refractivity contribution in [1.82, 2.24) is 16.3 Å². The van der Waals surface area contributed by atoms with E-state index in [4.69, 9.17) is 9.57 Å². The van der Waals surface area contributed by atoms with Gasteiger partial charge < -0.3 is 15.4 Å². The first-order chi connectivity index (χ1) is 11.0. The zero-order chi connectivity index (χ0) is 18.6. The van der Waals surface area contributed by atoms with E-state index in [-0.39, 0.29) is 6.09 Å². The number of nitrogens with one attached hydrogen (secondary N) is 3. The summed E-state index contributed by atoms with van der Waals surface area (Å²) in [7, 11) is 1.50. The second-order valence-electron chi connectivity index (χ2n) is 5.02. The predicted octanol–water partition coefficient (Wildman–Crippen LogP) is 2.54. The normalized spacial score (nSPS) is 9.91. The SMILES string of the molecule is CC.CONOCCCNCCCNC(=O)OC(C)(C)C.CS. The molecule has 0 aliphatic carbocycles. The van der Waals surface area contributed by atoms with Gasteiger partial charge >= 0.3 is 6.09 Å². The summed E-state index contributed by atoms with van der Waals surface area (Å²) in [5.41, 5.74) is 1.86. The molecule has 0 saturated heterocycles. The Bertz CT molecular complexity index is 239. The molecule has 0 aromatic heterocycles. The molecule has 0 saturated carbocycles. The van der Waals surface area contributed by atoms with Gasteiger partial charge in [-0.1, -0.05) is 19.5 Å². The lowest BCUT2D eigenvalue weighted by atomic mass is 10.2. The molecule has 0 aliphatic rings. The van der Waals surface area contributed by atoms with Gasteiger partial charge in [-0.15, -0.1) is 0 Å². The third kappa shape index (κ3) is 30.0. The summed E-state index contributed by atoms with van der Waals surface area (Å²) in [5, 5.41) is 5.95. The zero-order valence-corrected chi connectivity index (χ0v) is 16.7. The number of carbonyl (C=O) groups is 1. The first-order valence-electron chi connectivity index (χ1n) is 7.98. The lowest BCUT2D eigenvalue weighted by Crippen LogP contribution is -2.34. The van der Waals surface area contributed by atoms with E-state index >= 15 is 0 Å². The number of rotatable bonds is 10. The van der Waals surface area contributed by atoms with Crippen molar-refractivity contribution in [2.24, 2.45) is 0 Å². The van der Waals surface area contributed by atoms with Crippen molar-refractivity contribution in [1.29, 1.82) is 0 Å². The molecule has 0 aromatic rings. The average molecular weight is 356 g/mol. The van der Waals surface area contributed by atoms with Crippen LogP contribution in [-0.4, -0.2) is 51.3 Å². The highest BCUT2D eigenvalue weighted by atomic mass is 32.1. The number of ether oxygens (including phenoxy) is 1. The number of thiol groups is 1. The minimum absolute atomic E-state index is 0.369. The maximum atomic E-state index is 11.3. The van der Waals surface area contributed by atoms with Crippen molar-refractivity contribution < 1.29 is 19.2 Å². The molecule has 0 aromatic carbocycles. The summed E-state index contributed by atoms with van der Waals surface area (Å²) >= 11 is 3.53. The van der Waals surface area contributed by atoms with E-state index in [9.17, 15) is 4.79 Å². The number of amides is 1. The Morgan fingerprint density at radius 2 is 1.61 bits per heavy atom. The fourth-order valence-corrected chi connectivity index (χ4v) is 1.21. The topological polar surface area (TPSA) is 80.9 Å². The van der Waals surface area contributed by atoms with E-state index in [2.05, 4.69) is 33.7 Å². The van der Waals surface area contributed by atoms with E-state index in [0.29, 0.717) is 13.2 Å². The van der Waals surface area contributed by atoms with Gasteiger partial charge in [0.05, 0.1) is 13.7 Å². The standard InChI is InChI=1S/C12H27N3O4.C2H6.CH4S/c1-12(2,3)19-11(16)14-9-5-7-13-8-6-10-18-15-17-4;2*1-2/h13,15H,5-10H2,1-4H3,(H,14,16);1-2H3;2H,1H3. The molecule has 0 unspecified atom stereocenters. The van der Waals surface area contributed by atoms with Crippen LogP contribution in [-0.2, 0) is 14.4 Å². The van der Waals surface area contributed by atoms with Crippen LogP contribution in [0.25, 0.3) is 0 Å². The molecule has 0 radical (unpaired) electrons. The maximum absolute atomic E-state index is 11.3. The third-order valence-electron chi connectivity index (χ3n) is 1.94. The van der Waals surface area contributed by atoms with Crippen LogP contribution in [0.2, 0.25) is 0 Å². The van der Waals surface area contributed by atoms with Crippen LogP contribution in [0.4, 0.5) is 4.79 Å². The van der Waals surface area contributed by atoms with Gasteiger partial charge in [0.15, 0.2) is 0 Å². The molecule has 0 bridgehead atoms. The van der Waals surface area contributed by atoms with Gasteiger partial charge in [-0.25, -0.2) is 4.79 Å². The van der Waals surface area contributed by atoms with Crippen LogP contribution < -0.4 is 16.3 Å². The lowest BCUT2D eigenvalue weighted by Gasteiger charge is -2.19. The van der Waals surface area contributed by atoms with Crippen LogP contribution in [0, 0.1) is 0 Å². The Morgan fingerprint density at radius 1 is 1.04 bits per heavy atom. The van der Waals surface area contributed by atoms with Gasteiger partial charge in [-0.2, -0.15) is 12.6 Å². The lowest BCUT2D eigenvalue weighted by molar-refractivity contribution is -0.151. The Hall–Kier alpha value is -0.540. The number of hydrogen-bond acceptors (Lipinski definition) is 7. The van der Waals surface area contributed by atoms with Crippen molar-refractivity contribution >= 4 is 18.7 Å². The van der Waals surface area contributed by atoms with Crippen LogP contribution in [0.5, 0.6) is 0 Å². The average Bonchev–Trinajstić information content (AvgIpc) is 2.51. The molecule has 142 valence electrons. The molecule has 23 heavy (non-hydrogen) atoms. The van der Waals surface area contributed by atoms with Crippen LogP contribution >= 0.6 is 12.6 Å². The molecule has 0 rings (SSSR count). The second kappa shape index (κ2) is 21.5. The van der Waals surface area contributed by atoms with E-state index in [1.807, 2.05) is 34.6 Å². The Morgan fingerprint density at radius 3 is 2.13 bits per heavy atom. The molecular weight excluding hydrogens is 318 g/mol.